The van der Waals surface area contributed by atoms with E-state index in [2.05, 4.69) is 76.6 Å². The number of hydrogen-bond donors (Lipinski definition) is 2. The van der Waals surface area contributed by atoms with E-state index in [0.717, 1.165) is 33.9 Å². The van der Waals surface area contributed by atoms with E-state index in [-0.39, 0.29) is 11.5 Å². The fraction of sp³-hybridized carbons (Fsp3) is 0.0556. The standard InChI is InChI=1S/C36H30N2O2/c39-34-20-10-18-32(26-34)37(30-14-6-2-7-15-30)36(24-22-29(23-25-36)28-12-4-1-5-13-28)38(31-16-8-3-9-17-31)33-19-11-21-35(40)27-33/h1-24,26-27,39-40H,25H2. The number of benzene rings is 5. The Morgan fingerprint density at radius 2 is 0.950 bits per heavy atom. The van der Waals surface area contributed by atoms with Crippen LogP contribution in [0.15, 0.2) is 158 Å². The molecule has 0 saturated carbocycles. The Hall–Kier alpha value is -5.22. The molecule has 0 aliphatic heterocycles. The predicted molar refractivity (Wildman–Crippen MR) is 164 cm³/mol. The van der Waals surface area contributed by atoms with Crippen LogP contribution in [-0.4, -0.2) is 15.9 Å². The van der Waals surface area contributed by atoms with Gasteiger partial charge in [-0.3, -0.25) is 0 Å². The first-order chi connectivity index (χ1) is 19.6. The zero-order valence-corrected chi connectivity index (χ0v) is 22.0. The summed E-state index contributed by atoms with van der Waals surface area (Å²) in [5.41, 5.74) is 5.12. The van der Waals surface area contributed by atoms with Crippen LogP contribution in [0.1, 0.15) is 12.0 Å². The van der Waals surface area contributed by atoms with Crippen molar-refractivity contribution in [2.75, 3.05) is 9.80 Å². The Morgan fingerprint density at radius 3 is 1.38 bits per heavy atom. The van der Waals surface area contributed by atoms with Crippen molar-refractivity contribution < 1.29 is 10.2 Å². The molecule has 1 aliphatic carbocycles. The number of phenols is 2. The first kappa shape index (κ1) is 25.1. The highest BCUT2D eigenvalue weighted by Crippen LogP contribution is 2.47. The van der Waals surface area contributed by atoms with Gasteiger partial charge in [0.2, 0.25) is 0 Å². The van der Waals surface area contributed by atoms with Crippen molar-refractivity contribution in [2.24, 2.45) is 0 Å². The quantitative estimate of drug-likeness (QED) is 0.210. The summed E-state index contributed by atoms with van der Waals surface area (Å²) in [5, 5.41) is 21.2. The van der Waals surface area contributed by atoms with Crippen molar-refractivity contribution in [3.05, 3.63) is 163 Å². The molecule has 6 rings (SSSR count). The molecule has 40 heavy (non-hydrogen) atoms. The SMILES string of the molecule is Oc1cccc(N(c2ccccc2)C2(N(c3ccccc3)c3cccc(O)c3)C=CC(c3ccccc3)=CC2)c1. The molecule has 0 aromatic heterocycles. The van der Waals surface area contributed by atoms with Gasteiger partial charge in [-0.05, 0) is 65.7 Å². The molecule has 5 aromatic rings. The number of anilines is 4. The molecule has 0 atom stereocenters. The second-order valence-electron chi connectivity index (χ2n) is 9.82. The van der Waals surface area contributed by atoms with Gasteiger partial charge in [0.25, 0.3) is 0 Å². The number of rotatable bonds is 7. The molecule has 0 spiro atoms. The van der Waals surface area contributed by atoms with E-state index in [1.54, 1.807) is 24.3 Å². The van der Waals surface area contributed by atoms with E-state index in [1.165, 1.54) is 0 Å². The summed E-state index contributed by atoms with van der Waals surface area (Å²) in [6, 6.07) is 45.6. The molecule has 0 amide bonds. The van der Waals surface area contributed by atoms with E-state index < -0.39 is 5.66 Å². The lowest BCUT2D eigenvalue weighted by molar-refractivity contribution is 0.473. The third kappa shape index (κ3) is 4.83. The average Bonchev–Trinajstić information content (AvgIpc) is 3.00. The van der Waals surface area contributed by atoms with Crippen molar-refractivity contribution in [3.63, 3.8) is 0 Å². The van der Waals surface area contributed by atoms with Crippen molar-refractivity contribution in [2.45, 2.75) is 12.1 Å². The highest BCUT2D eigenvalue weighted by atomic mass is 16.3. The molecule has 1 aliphatic rings. The number of nitrogens with zero attached hydrogens (tertiary/aromatic N) is 2. The van der Waals surface area contributed by atoms with E-state index in [0.29, 0.717) is 6.42 Å². The summed E-state index contributed by atoms with van der Waals surface area (Å²) in [4.78, 5) is 4.52. The molecular formula is C36H30N2O2. The van der Waals surface area contributed by atoms with Crippen molar-refractivity contribution in [3.8, 4) is 11.5 Å². The fourth-order valence-electron chi connectivity index (χ4n) is 5.51. The third-order valence-electron chi connectivity index (χ3n) is 7.24. The molecule has 4 nitrogen and oxygen atoms in total. The Morgan fingerprint density at radius 1 is 0.500 bits per heavy atom. The number of aromatic hydroxyl groups is 2. The summed E-state index contributed by atoms with van der Waals surface area (Å²) in [5.74, 6) is 0.384. The van der Waals surface area contributed by atoms with Crippen LogP contribution in [-0.2, 0) is 0 Å². The monoisotopic (exact) mass is 522 g/mol. The molecule has 0 bridgehead atoms. The fourth-order valence-corrected chi connectivity index (χ4v) is 5.51. The molecule has 196 valence electrons. The smallest absolute Gasteiger partial charge is 0.145 e. The topological polar surface area (TPSA) is 46.9 Å². The highest BCUT2D eigenvalue weighted by molar-refractivity contribution is 5.82. The molecule has 0 saturated heterocycles. The van der Waals surface area contributed by atoms with Crippen LogP contribution in [0.3, 0.4) is 0 Å². The van der Waals surface area contributed by atoms with Gasteiger partial charge in [-0.2, -0.15) is 0 Å². The minimum absolute atomic E-state index is 0.192. The van der Waals surface area contributed by atoms with Gasteiger partial charge in [-0.25, -0.2) is 0 Å². The van der Waals surface area contributed by atoms with Crippen LogP contribution in [0.2, 0.25) is 0 Å². The van der Waals surface area contributed by atoms with Gasteiger partial charge in [-0.1, -0.05) is 91.0 Å². The zero-order valence-electron chi connectivity index (χ0n) is 22.0. The number of para-hydroxylation sites is 2. The number of allylic oxidation sites excluding steroid dienone is 2. The summed E-state index contributed by atoms with van der Waals surface area (Å²) < 4.78 is 0. The van der Waals surface area contributed by atoms with E-state index >= 15 is 0 Å². The Bertz CT molecular complexity index is 1560. The maximum atomic E-state index is 10.6. The van der Waals surface area contributed by atoms with E-state index in [4.69, 9.17) is 0 Å². The summed E-state index contributed by atoms with van der Waals surface area (Å²) >= 11 is 0. The maximum Gasteiger partial charge on any atom is 0.145 e. The first-order valence-electron chi connectivity index (χ1n) is 13.4. The van der Waals surface area contributed by atoms with E-state index in [1.807, 2.05) is 66.7 Å². The largest absolute Gasteiger partial charge is 0.508 e. The lowest BCUT2D eigenvalue weighted by atomic mass is 9.88. The predicted octanol–water partition coefficient (Wildman–Crippen LogP) is 8.81. The van der Waals surface area contributed by atoms with Crippen LogP contribution in [0.5, 0.6) is 11.5 Å². The van der Waals surface area contributed by atoms with Gasteiger partial charge in [0.05, 0.1) is 0 Å². The molecule has 0 fully saturated rings. The van der Waals surface area contributed by atoms with Crippen LogP contribution >= 0.6 is 0 Å². The number of hydrogen-bond acceptors (Lipinski definition) is 4. The van der Waals surface area contributed by atoms with E-state index in [9.17, 15) is 10.2 Å². The van der Waals surface area contributed by atoms with Crippen LogP contribution in [0, 0.1) is 0 Å². The average molecular weight is 523 g/mol. The molecule has 5 aromatic carbocycles. The Labute approximate surface area is 235 Å². The molecule has 0 unspecified atom stereocenters. The van der Waals surface area contributed by atoms with Gasteiger partial charge in [0.1, 0.15) is 17.2 Å². The number of phenolic OH excluding ortho intramolecular Hbond substituents is 2. The minimum Gasteiger partial charge on any atom is -0.508 e. The Kier molecular flexibility index (Phi) is 6.82. The third-order valence-corrected chi connectivity index (χ3v) is 7.24. The second-order valence-corrected chi connectivity index (χ2v) is 9.82. The molecule has 4 heteroatoms. The molecule has 0 heterocycles. The normalized spacial score (nSPS) is 13.8. The maximum absolute atomic E-state index is 10.6. The van der Waals surface area contributed by atoms with Gasteiger partial charge in [0, 0.05) is 41.3 Å². The van der Waals surface area contributed by atoms with Gasteiger partial charge >= 0.3 is 0 Å². The summed E-state index contributed by atoms with van der Waals surface area (Å²) in [6.07, 6.45) is 7.30. The van der Waals surface area contributed by atoms with Crippen molar-refractivity contribution in [1.29, 1.82) is 0 Å². The summed E-state index contributed by atoms with van der Waals surface area (Å²) in [6.45, 7) is 0. The highest BCUT2D eigenvalue weighted by Gasteiger charge is 2.43. The molecule has 2 N–H and O–H groups in total. The Balaban J connectivity index is 1.63. The lowest BCUT2D eigenvalue weighted by Crippen LogP contribution is -2.57. The van der Waals surface area contributed by atoms with Crippen LogP contribution in [0.25, 0.3) is 5.57 Å². The first-order valence-corrected chi connectivity index (χ1v) is 13.4. The molecular weight excluding hydrogens is 492 g/mol. The van der Waals surface area contributed by atoms with Crippen molar-refractivity contribution in [1.82, 2.24) is 0 Å². The van der Waals surface area contributed by atoms with Gasteiger partial charge < -0.3 is 20.0 Å². The van der Waals surface area contributed by atoms with Crippen molar-refractivity contribution >= 4 is 28.3 Å². The van der Waals surface area contributed by atoms with Gasteiger partial charge in [0.15, 0.2) is 0 Å². The lowest BCUT2D eigenvalue weighted by Gasteiger charge is -2.52. The van der Waals surface area contributed by atoms with Crippen LogP contribution in [0.4, 0.5) is 22.7 Å². The van der Waals surface area contributed by atoms with Crippen LogP contribution < -0.4 is 9.80 Å². The second kappa shape index (κ2) is 10.9. The zero-order chi connectivity index (χ0) is 27.4. The molecule has 0 radical (unpaired) electrons. The minimum atomic E-state index is -0.789. The van der Waals surface area contributed by atoms with Gasteiger partial charge in [-0.15, -0.1) is 0 Å². The summed E-state index contributed by atoms with van der Waals surface area (Å²) in [7, 11) is 0.